The van der Waals surface area contributed by atoms with Crippen molar-refractivity contribution >= 4 is 43.7 Å². The van der Waals surface area contributed by atoms with Gasteiger partial charge in [-0.25, -0.2) is 22.5 Å². The molecule has 0 amide bonds. The zero-order chi connectivity index (χ0) is 27.9. The third kappa shape index (κ3) is 5.20. The summed E-state index contributed by atoms with van der Waals surface area (Å²) in [5.41, 5.74) is 13.7. The third-order valence-electron chi connectivity index (χ3n) is 6.43. The predicted molar refractivity (Wildman–Crippen MR) is 156 cm³/mol. The van der Waals surface area contributed by atoms with Crippen LogP contribution in [0.5, 0.6) is 0 Å². The van der Waals surface area contributed by atoms with Crippen LogP contribution in [0, 0.1) is 5.82 Å². The molecule has 0 spiro atoms. The highest BCUT2D eigenvalue weighted by atomic mass is 32.2. The normalized spacial score (nSPS) is 18.1. The number of halogens is 1. The molecule has 1 aliphatic rings. The summed E-state index contributed by atoms with van der Waals surface area (Å²) < 4.78 is 40.1. The van der Waals surface area contributed by atoms with Crippen molar-refractivity contribution < 1.29 is 12.8 Å². The number of hydrogen-bond acceptors (Lipinski definition) is 6. The first kappa shape index (κ1) is 25.4. The van der Waals surface area contributed by atoms with Crippen LogP contribution in [0.2, 0.25) is 0 Å². The van der Waals surface area contributed by atoms with E-state index in [9.17, 15) is 12.8 Å². The van der Waals surface area contributed by atoms with Crippen LogP contribution in [0.4, 0.5) is 4.39 Å². The molecule has 6 rings (SSSR count). The number of aromatic nitrogens is 4. The lowest BCUT2D eigenvalue weighted by molar-refractivity contribution is 0.586. The molecule has 0 unspecified atom stereocenters. The van der Waals surface area contributed by atoms with Crippen LogP contribution in [0.15, 0.2) is 89.7 Å². The molecule has 11 heteroatoms. The number of pyridine rings is 1. The molecule has 0 saturated carbocycles. The molecule has 0 aliphatic carbocycles. The quantitative estimate of drug-likeness (QED) is 0.239. The Morgan fingerprint density at radius 3 is 2.80 bits per heavy atom. The first-order valence-corrected chi connectivity index (χ1v) is 14.2. The van der Waals surface area contributed by atoms with Crippen LogP contribution in [0.3, 0.4) is 0 Å². The maximum atomic E-state index is 14.6. The molecule has 0 saturated heterocycles. The fourth-order valence-corrected chi connectivity index (χ4v) is 5.07. The van der Waals surface area contributed by atoms with Gasteiger partial charge in [-0.05, 0) is 77.4 Å². The fraction of sp³-hybridized carbons (Fsp3) is 0.0690. The van der Waals surface area contributed by atoms with Gasteiger partial charge in [-0.2, -0.15) is 5.10 Å². The highest BCUT2D eigenvalue weighted by Crippen LogP contribution is 2.34. The van der Waals surface area contributed by atoms with Crippen LogP contribution in [-0.2, 0) is 16.6 Å². The molecule has 2 aromatic carbocycles. The van der Waals surface area contributed by atoms with Crippen molar-refractivity contribution in [2.24, 2.45) is 10.7 Å². The smallest absolute Gasteiger partial charge is 0.209 e. The van der Waals surface area contributed by atoms with E-state index < -0.39 is 15.8 Å². The van der Waals surface area contributed by atoms with E-state index in [0.717, 1.165) is 39.5 Å². The maximum Gasteiger partial charge on any atom is 0.209 e. The first-order chi connectivity index (χ1) is 19.2. The number of sulfonamides is 1. The van der Waals surface area contributed by atoms with E-state index in [1.807, 2.05) is 42.5 Å². The number of aliphatic imine (C=N–C) groups is 1. The summed E-state index contributed by atoms with van der Waals surface area (Å²) in [6.45, 7) is -0.00983. The van der Waals surface area contributed by atoms with Crippen LogP contribution < -0.4 is 10.5 Å². The minimum absolute atomic E-state index is 0.00983. The van der Waals surface area contributed by atoms with Crippen molar-refractivity contribution in [3.63, 3.8) is 0 Å². The van der Waals surface area contributed by atoms with Crippen molar-refractivity contribution in [2.75, 3.05) is 6.26 Å². The van der Waals surface area contributed by atoms with E-state index >= 15 is 0 Å². The summed E-state index contributed by atoms with van der Waals surface area (Å²) in [6.07, 6.45) is 9.79. The van der Waals surface area contributed by atoms with Gasteiger partial charge < -0.3 is 10.7 Å². The number of nitrogens with one attached hydrogen (secondary N) is 3. The van der Waals surface area contributed by atoms with E-state index in [1.54, 1.807) is 30.6 Å². The second-order valence-electron chi connectivity index (χ2n) is 9.44. The van der Waals surface area contributed by atoms with Gasteiger partial charge in [-0.1, -0.05) is 12.1 Å². The molecule has 0 radical (unpaired) electrons. The average Bonchev–Trinajstić information content (AvgIpc) is 3.52. The number of fused-ring (bicyclic) bond motifs is 2. The molecule has 1 aliphatic heterocycles. The van der Waals surface area contributed by atoms with Crippen molar-refractivity contribution in [3.8, 4) is 22.5 Å². The molecule has 200 valence electrons. The van der Waals surface area contributed by atoms with Gasteiger partial charge in [0, 0.05) is 41.1 Å². The summed E-state index contributed by atoms with van der Waals surface area (Å²) in [6, 6.07) is 16.0. The number of nitrogens with two attached hydrogens (primary N) is 1. The Morgan fingerprint density at radius 2 is 1.95 bits per heavy atom. The van der Waals surface area contributed by atoms with E-state index in [1.165, 1.54) is 12.1 Å². The topological polar surface area (TPSA) is 142 Å². The number of H-pyrrole nitrogens is 2. The van der Waals surface area contributed by atoms with Crippen LogP contribution in [-0.4, -0.2) is 41.1 Å². The molecule has 0 fully saturated rings. The largest absolute Gasteiger partial charge is 0.399 e. The molecular formula is C29H24FN7O2S. The van der Waals surface area contributed by atoms with Crippen LogP contribution >= 0.6 is 0 Å². The molecule has 4 heterocycles. The van der Waals surface area contributed by atoms with Gasteiger partial charge in [0.15, 0.2) is 0 Å². The minimum Gasteiger partial charge on any atom is -0.399 e. The first-order valence-electron chi connectivity index (χ1n) is 12.3. The number of hydrogen-bond donors (Lipinski definition) is 4. The second-order valence-corrected chi connectivity index (χ2v) is 11.3. The van der Waals surface area contributed by atoms with Crippen LogP contribution in [0.1, 0.15) is 11.3 Å². The number of rotatable bonds is 6. The Kier molecular flexibility index (Phi) is 6.37. The van der Waals surface area contributed by atoms with Crippen LogP contribution in [0.25, 0.3) is 50.0 Å². The fourth-order valence-electron chi connectivity index (χ4n) is 4.64. The van der Waals surface area contributed by atoms with E-state index in [4.69, 9.17) is 10.7 Å². The molecule has 0 atom stereocenters. The Hall–Kier alpha value is -4.87. The molecule has 9 nitrogen and oxygen atoms in total. The highest BCUT2D eigenvalue weighted by Gasteiger charge is 2.16. The standard InChI is InChI=1S/C29H24FN7O2S/c1-40(38,39)33-15-17-10-18(12-20(30)11-17)22-5-2-6-25-23(22)14-27(34-25)29-28-26(36-37-29)8-7-24(35-28)19-13-21(31)4-3-9-32-16-19/h2-14,16,33-34H,15,31H2,1H3,(H,36,37)/b4-3+,9-3?,19-13?,19-16+,21-4?,21-13+,32-9+,32-16?. The molecule has 5 N–H and O–H groups in total. The number of allylic oxidation sites excluding steroid dienone is 4. The van der Waals surface area contributed by atoms with E-state index in [0.29, 0.717) is 33.7 Å². The maximum absolute atomic E-state index is 14.6. The number of nitrogens with zero attached hydrogens (tertiary/aromatic N) is 3. The van der Waals surface area contributed by atoms with Gasteiger partial charge >= 0.3 is 0 Å². The summed E-state index contributed by atoms with van der Waals surface area (Å²) in [4.78, 5) is 12.6. The Bertz CT molecular complexity index is 2020. The van der Waals surface area contributed by atoms with Crippen molar-refractivity contribution in [1.82, 2.24) is 24.9 Å². The zero-order valence-electron chi connectivity index (χ0n) is 21.3. The summed E-state index contributed by atoms with van der Waals surface area (Å²) in [5, 5.41) is 8.43. The monoisotopic (exact) mass is 553 g/mol. The SMILES string of the molecule is CS(=O)(=O)NCc1cc(F)cc(-c2cccc3[nH]c(-c4n[nH]c5ccc(C6=C/N=C/C=C/C(N)=C\6)nc45)cc23)c1. The van der Waals surface area contributed by atoms with Crippen molar-refractivity contribution in [2.45, 2.75) is 6.54 Å². The van der Waals surface area contributed by atoms with Gasteiger partial charge in [0.25, 0.3) is 0 Å². The number of benzene rings is 2. The molecule has 40 heavy (non-hydrogen) atoms. The third-order valence-corrected chi connectivity index (χ3v) is 7.10. The Morgan fingerprint density at radius 1 is 1.07 bits per heavy atom. The summed E-state index contributed by atoms with van der Waals surface area (Å²) >= 11 is 0. The summed E-state index contributed by atoms with van der Waals surface area (Å²) in [5.74, 6) is -0.455. The lowest BCUT2D eigenvalue weighted by Gasteiger charge is -2.08. The minimum atomic E-state index is -3.42. The number of aromatic amines is 2. The predicted octanol–water partition coefficient (Wildman–Crippen LogP) is 4.79. The molecule has 5 aromatic rings. The second kappa shape index (κ2) is 10.0. The molecular weight excluding hydrogens is 529 g/mol. The van der Waals surface area contributed by atoms with Gasteiger partial charge in [-0.3, -0.25) is 10.1 Å². The molecule has 3 aromatic heterocycles. The van der Waals surface area contributed by atoms with Gasteiger partial charge in [-0.15, -0.1) is 0 Å². The van der Waals surface area contributed by atoms with Crippen molar-refractivity contribution in [3.05, 3.63) is 102 Å². The van der Waals surface area contributed by atoms with E-state index in [2.05, 4.69) is 24.9 Å². The lowest BCUT2D eigenvalue weighted by atomic mass is 9.99. The Balaban J connectivity index is 1.42. The zero-order valence-corrected chi connectivity index (χ0v) is 22.1. The van der Waals surface area contributed by atoms with Gasteiger partial charge in [0.2, 0.25) is 10.0 Å². The van der Waals surface area contributed by atoms with E-state index in [-0.39, 0.29) is 6.54 Å². The molecule has 0 bridgehead atoms. The summed E-state index contributed by atoms with van der Waals surface area (Å²) in [7, 11) is -3.42. The lowest BCUT2D eigenvalue weighted by Crippen LogP contribution is -2.21. The Labute approximate surface area is 229 Å². The van der Waals surface area contributed by atoms with Gasteiger partial charge in [0.05, 0.1) is 23.2 Å². The highest BCUT2D eigenvalue weighted by molar-refractivity contribution is 7.88. The van der Waals surface area contributed by atoms with Gasteiger partial charge in [0.1, 0.15) is 17.0 Å². The van der Waals surface area contributed by atoms with Crippen molar-refractivity contribution in [1.29, 1.82) is 0 Å². The average molecular weight is 554 g/mol.